The lowest BCUT2D eigenvalue weighted by Crippen LogP contribution is -2.40. The first-order chi connectivity index (χ1) is 10.7. The van der Waals surface area contributed by atoms with Crippen molar-refractivity contribution in [3.63, 3.8) is 0 Å². The number of nitrogens with zero attached hydrogens (tertiary/aromatic N) is 1. The van der Waals surface area contributed by atoms with Gasteiger partial charge >= 0.3 is 0 Å². The van der Waals surface area contributed by atoms with Crippen LogP contribution >= 0.6 is 0 Å². The van der Waals surface area contributed by atoms with Crippen LogP contribution in [0.3, 0.4) is 0 Å². The van der Waals surface area contributed by atoms with E-state index in [1.807, 2.05) is 30.3 Å². The molecule has 0 unspecified atom stereocenters. The van der Waals surface area contributed by atoms with Crippen molar-refractivity contribution in [3.05, 3.63) is 77.4 Å². The fourth-order valence-electron chi connectivity index (χ4n) is 2.16. The number of amidine groups is 1. The van der Waals surface area contributed by atoms with Crippen LogP contribution in [0.2, 0.25) is 0 Å². The molecule has 2 amide bonds. The molecule has 2 aromatic rings. The van der Waals surface area contributed by atoms with Gasteiger partial charge in [0, 0.05) is 5.56 Å². The third kappa shape index (κ3) is 2.52. The van der Waals surface area contributed by atoms with E-state index in [-0.39, 0.29) is 11.4 Å². The summed E-state index contributed by atoms with van der Waals surface area (Å²) in [6, 6.07) is 17.8. The molecular weight excluding hydrogens is 278 g/mol. The van der Waals surface area contributed by atoms with E-state index in [0.29, 0.717) is 5.56 Å². The lowest BCUT2D eigenvalue weighted by Gasteiger charge is -2.14. The normalized spacial score (nSPS) is 16.0. The van der Waals surface area contributed by atoms with Crippen molar-refractivity contribution >= 4 is 23.7 Å². The molecule has 5 heteroatoms. The Morgan fingerprint density at radius 1 is 1.00 bits per heavy atom. The molecule has 108 valence electrons. The summed E-state index contributed by atoms with van der Waals surface area (Å²) in [5.74, 6) is -1.05. The van der Waals surface area contributed by atoms with E-state index in [1.165, 1.54) is 0 Å². The van der Waals surface area contributed by atoms with Crippen molar-refractivity contribution in [2.75, 3.05) is 0 Å². The van der Waals surface area contributed by atoms with Crippen molar-refractivity contribution in [1.29, 1.82) is 5.41 Å². The van der Waals surface area contributed by atoms with E-state index >= 15 is 0 Å². The maximum atomic E-state index is 12.3. The van der Waals surface area contributed by atoms with Gasteiger partial charge < -0.3 is 0 Å². The minimum absolute atomic E-state index is 0.150. The molecule has 0 spiro atoms. The van der Waals surface area contributed by atoms with E-state index < -0.39 is 11.8 Å². The second-order valence-electron chi connectivity index (χ2n) is 4.76. The van der Waals surface area contributed by atoms with Gasteiger partial charge in [0.15, 0.2) is 5.84 Å². The highest BCUT2D eigenvalue weighted by atomic mass is 16.2. The maximum Gasteiger partial charge on any atom is 0.278 e. The molecule has 1 saturated heterocycles. The number of nitrogens with one attached hydrogen (secondary N) is 2. The Kier molecular flexibility index (Phi) is 3.53. The Hall–Kier alpha value is -3.21. The topological polar surface area (TPSA) is 73.3 Å². The number of benzene rings is 2. The number of carbonyl (C=O) groups is 2. The molecule has 22 heavy (non-hydrogen) atoms. The molecular formula is C17H13N3O2. The minimum Gasteiger partial charge on any atom is -0.282 e. The molecule has 1 aliphatic rings. The summed E-state index contributed by atoms with van der Waals surface area (Å²) in [5, 5.41) is 9.04. The Bertz CT molecular complexity index is 767. The van der Waals surface area contributed by atoms with Crippen molar-refractivity contribution in [2.24, 2.45) is 0 Å². The van der Waals surface area contributed by atoms with Crippen LogP contribution in [-0.2, 0) is 4.79 Å². The Labute approximate surface area is 127 Å². The summed E-state index contributed by atoms with van der Waals surface area (Å²) < 4.78 is 0. The summed E-state index contributed by atoms with van der Waals surface area (Å²) in [6.45, 7) is 0. The molecule has 0 aromatic heterocycles. The average molecular weight is 291 g/mol. The zero-order valence-electron chi connectivity index (χ0n) is 11.6. The van der Waals surface area contributed by atoms with Crippen molar-refractivity contribution in [2.45, 2.75) is 0 Å². The van der Waals surface area contributed by atoms with Crippen LogP contribution in [0.25, 0.3) is 6.08 Å². The predicted octanol–water partition coefficient (Wildman–Crippen LogP) is 2.23. The quantitative estimate of drug-likeness (QED) is 0.833. The van der Waals surface area contributed by atoms with Crippen molar-refractivity contribution in [1.82, 2.24) is 10.4 Å². The number of hydrogen-bond acceptors (Lipinski definition) is 3. The van der Waals surface area contributed by atoms with Crippen LogP contribution in [0.5, 0.6) is 0 Å². The zero-order valence-corrected chi connectivity index (χ0v) is 11.6. The highest BCUT2D eigenvalue weighted by Crippen LogP contribution is 2.17. The molecule has 0 atom stereocenters. The van der Waals surface area contributed by atoms with E-state index in [1.54, 1.807) is 36.4 Å². The van der Waals surface area contributed by atoms with Gasteiger partial charge in [0.25, 0.3) is 11.8 Å². The first kappa shape index (κ1) is 13.8. The second-order valence-corrected chi connectivity index (χ2v) is 4.76. The molecule has 0 saturated carbocycles. The first-order valence-electron chi connectivity index (χ1n) is 6.73. The number of hydrogen-bond donors (Lipinski definition) is 2. The Balaban J connectivity index is 1.89. The standard InChI is InChI=1S/C17H13N3O2/c18-15-14(11-12-7-3-1-4-8-12)16(21)19-20(15)17(22)13-9-5-2-6-10-13/h1-11,18H,(H,19,21)/b14-11-,18-15?. The van der Waals surface area contributed by atoms with Crippen LogP contribution < -0.4 is 5.43 Å². The number of amides is 2. The van der Waals surface area contributed by atoms with Gasteiger partial charge in [-0.2, -0.15) is 5.01 Å². The predicted molar refractivity (Wildman–Crippen MR) is 82.9 cm³/mol. The van der Waals surface area contributed by atoms with E-state index in [0.717, 1.165) is 10.6 Å². The molecule has 1 aliphatic heterocycles. The molecule has 3 rings (SSSR count). The zero-order chi connectivity index (χ0) is 15.5. The molecule has 2 aromatic carbocycles. The third-order valence-corrected chi connectivity index (χ3v) is 3.27. The number of hydrazine groups is 1. The molecule has 0 aliphatic carbocycles. The minimum atomic E-state index is -0.460. The summed E-state index contributed by atoms with van der Waals surface area (Å²) in [6.07, 6.45) is 1.59. The van der Waals surface area contributed by atoms with Gasteiger partial charge in [0.1, 0.15) is 0 Å². The highest BCUT2D eigenvalue weighted by Gasteiger charge is 2.34. The van der Waals surface area contributed by atoms with Gasteiger partial charge in [-0.25, -0.2) is 0 Å². The molecule has 2 N–H and O–H groups in total. The lowest BCUT2D eigenvalue weighted by molar-refractivity contribution is -0.118. The van der Waals surface area contributed by atoms with E-state index in [9.17, 15) is 9.59 Å². The third-order valence-electron chi connectivity index (χ3n) is 3.27. The first-order valence-corrected chi connectivity index (χ1v) is 6.73. The van der Waals surface area contributed by atoms with Crippen LogP contribution in [-0.4, -0.2) is 22.7 Å². The van der Waals surface area contributed by atoms with Gasteiger partial charge in [0.05, 0.1) is 5.57 Å². The molecule has 0 radical (unpaired) electrons. The van der Waals surface area contributed by atoms with Crippen LogP contribution in [0.1, 0.15) is 15.9 Å². The SMILES string of the molecule is N=C1/C(=C/c2ccccc2)C(=O)NN1C(=O)c1ccccc1. The van der Waals surface area contributed by atoms with Gasteiger partial charge in [-0.3, -0.25) is 20.4 Å². The highest BCUT2D eigenvalue weighted by molar-refractivity contribution is 6.31. The summed E-state index contributed by atoms with van der Waals surface area (Å²) in [4.78, 5) is 24.4. The van der Waals surface area contributed by atoms with Crippen molar-refractivity contribution < 1.29 is 9.59 Å². The fourth-order valence-corrected chi connectivity index (χ4v) is 2.16. The van der Waals surface area contributed by atoms with Crippen LogP contribution in [0.4, 0.5) is 0 Å². The monoisotopic (exact) mass is 291 g/mol. The van der Waals surface area contributed by atoms with Gasteiger partial charge in [-0.05, 0) is 23.8 Å². The van der Waals surface area contributed by atoms with Crippen LogP contribution in [0, 0.1) is 5.41 Å². The summed E-state index contributed by atoms with van der Waals surface area (Å²) >= 11 is 0. The summed E-state index contributed by atoms with van der Waals surface area (Å²) in [7, 11) is 0. The summed E-state index contributed by atoms with van der Waals surface area (Å²) in [5.41, 5.74) is 3.80. The molecule has 0 bridgehead atoms. The number of rotatable bonds is 2. The van der Waals surface area contributed by atoms with Crippen molar-refractivity contribution in [3.8, 4) is 0 Å². The Morgan fingerprint density at radius 2 is 1.59 bits per heavy atom. The number of carbonyl (C=O) groups excluding carboxylic acids is 2. The van der Waals surface area contributed by atoms with Gasteiger partial charge in [0.2, 0.25) is 0 Å². The van der Waals surface area contributed by atoms with Gasteiger partial charge in [-0.1, -0.05) is 48.5 Å². The molecule has 1 heterocycles. The van der Waals surface area contributed by atoms with Gasteiger partial charge in [-0.15, -0.1) is 0 Å². The molecule has 1 fully saturated rings. The fraction of sp³-hybridized carbons (Fsp3) is 0. The Morgan fingerprint density at radius 3 is 2.23 bits per heavy atom. The maximum absolute atomic E-state index is 12.3. The molecule has 5 nitrogen and oxygen atoms in total. The van der Waals surface area contributed by atoms with Crippen LogP contribution in [0.15, 0.2) is 66.2 Å². The average Bonchev–Trinajstić information content (AvgIpc) is 2.84. The lowest BCUT2D eigenvalue weighted by atomic mass is 10.1. The second kappa shape index (κ2) is 5.65. The smallest absolute Gasteiger partial charge is 0.278 e. The van der Waals surface area contributed by atoms with E-state index in [2.05, 4.69) is 5.43 Å². The van der Waals surface area contributed by atoms with E-state index in [4.69, 9.17) is 5.41 Å². The largest absolute Gasteiger partial charge is 0.282 e.